The van der Waals surface area contributed by atoms with Crippen LogP contribution in [0.2, 0.25) is 0 Å². The van der Waals surface area contributed by atoms with E-state index in [9.17, 15) is 13.0 Å². The molecular weight excluding hydrogens is 247 g/mol. The van der Waals surface area contributed by atoms with E-state index in [4.69, 9.17) is 17.4 Å². The number of hydrogen-bond donors (Lipinski definition) is 0. The average molecular weight is 260 g/mol. The first-order chi connectivity index (χ1) is 7.41. The molecule has 0 aromatic carbocycles. The largest absolute Gasteiger partial charge is 0.323 e. The molecule has 1 fully saturated rings. The number of sulfone groups is 1. The van der Waals surface area contributed by atoms with Crippen LogP contribution in [0.1, 0.15) is 6.42 Å². The Bertz CT molecular complexity index is 460. The summed E-state index contributed by atoms with van der Waals surface area (Å²) in [6, 6.07) is 0. The van der Waals surface area contributed by atoms with Crippen LogP contribution in [-0.2, 0) is 18.9 Å². The second-order valence-electron chi connectivity index (χ2n) is 3.67. The zero-order chi connectivity index (χ0) is 12.2. The van der Waals surface area contributed by atoms with Crippen LogP contribution in [0, 0.1) is 24.7 Å². The molecule has 0 aromatic heterocycles. The Balaban J connectivity index is 2.69. The Morgan fingerprint density at radius 1 is 1.31 bits per heavy atom. The highest BCUT2D eigenvalue weighted by Gasteiger charge is 2.34. The Labute approximate surface area is 96.1 Å². The molecule has 0 amide bonds. The summed E-state index contributed by atoms with van der Waals surface area (Å²) in [5.74, 6) is 4.49. The van der Waals surface area contributed by atoms with Gasteiger partial charge in [-0.05, 0) is 6.42 Å². The minimum atomic E-state index is -3.06. The van der Waals surface area contributed by atoms with Crippen LogP contribution in [0.5, 0.6) is 0 Å². The van der Waals surface area contributed by atoms with Gasteiger partial charge in [0.25, 0.3) is 0 Å². The lowest BCUT2D eigenvalue weighted by Crippen LogP contribution is -2.14. The van der Waals surface area contributed by atoms with E-state index in [1.165, 1.54) is 0 Å². The molecular formula is C10H13O4PS. The van der Waals surface area contributed by atoms with Gasteiger partial charge < -0.3 is 4.52 Å². The third kappa shape index (κ3) is 3.68. The first kappa shape index (κ1) is 13.3. The highest BCUT2D eigenvalue weighted by atomic mass is 32.2. The zero-order valence-corrected chi connectivity index (χ0v) is 10.5. The van der Waals surface area contributed by atoms with Crippen LogP contribution in [0.4, 0.5) is 0 Å². The topological polar surface area (TPSA) is 60.4 Å². The Morgan fingerprint density at radius 3 is 2.25 bits per heavy atom. The van der Waals surface area contributed by atoms with Crippen molar-refractivity contribution in [3.63, 3.8) is 0 Å². The molecule has 1 saturated heterocycles. The SMILES string of the molecule is C#CCP(=O)(CC#C)OC1CCS(=O)(=O)C1. The van der Waals surface area contributed by atoms with E-state index in [-0.39, 0.29) is 23.8 Å². The molecule has 4 nitrogen and oxygen atoms in total. The molecule has 1 rings (SSSR count). The summed E-state index contributed by atoms with van der Waals surface area (Å²) >= 11 is 0. The van der Waals surface area contributed by atoms with Crippen molar-refractivity contribution in [3.05, 3.63) is 0 Å². The van der Waals surface area contributed by atoms with E-state index in [1.54, 1.807) is 0 Å². The monoisotopic (exact) mass is 260 g/mol. The normalized spacial score (nSPS) is 23.5. The lowest BCUT2D eigenvalue weighted by molar-refractivity contribution is 0.233. The highest BCUT2D eigenvalue weighted by Crippen LogP contribution is 2.48. The van der Waals surface area contributed by atoms with Crippen molar-refractivity contribution in [3.8, 4) is 24.7 Å². The summed E-state index contributed by atoms with van der Waals surface area (Å²) in [4.78, 5) is 0. The molecule has 0 aliphatic carbocycles. The molecule has 88 valence electrons. The van der Waals surface area contributed by atoms with Gasteiger partial charge in [0.15, 0.2) is 9.84 Å². The average Bonchev–Trinajstić information content (AvgIpc) is 2.45. The van der Waals surface area contributed by atoms with Crippen LogP contribution >= 0.6 is 7.37 Å². The fraction of sp³-hybridized carbons (Fsp3) is 0.600. The van der Waals surface area contributed by atoms with Crippen molar-refractivity contribution in [1.82, 2.24) is 0 Å². The van der Waals surface area contributed by atoms with Gasteiger partial charge in [0.1, 0.15) is 0 Å². The van der Waals surface area contributed by atoms with E-state index in [1.807, 2.05) is 0 Å². The van der Waals surface area contributed by atoms with Crippen molar-refractivity contribution in [2.24, 2.45) is 0 Å². The first-order valence-corrected chi connectivity index (χ1v) is 8.56. The lowest BCUT2D eigenvalue weighted by Gasteiger charge is -2.17. The predicted octanol–water partition coefficient (Wildman–Crippen LogP) is 0.735. The maximum Gasteiger partial charge on any atom is 0.226 e. The Hall–Kier alpha value is -0.740. The molecule has 1 atom stereocenters. The highest BCUT2D eigenvalue weighted by molar-refractivity contribution is 7.91. The fourth-order valence-electron chi connectivity index (χ4n) is 1.52. The van der Waals surface area contributed by atoms with Gasteiger partial charge in [-0.25, -0.2) is 8.42 Å². The molecule has 0 spiro atoms. The molecule has 0 bridgehead atoms. The Kier molecular flexibility index (Phi) is 4.21. The summed E-state index contributed by atoms with van der Waals surface area (Å²) in [5.41, 5.74) is 0. The summed E-state index contributed by atoms with van der Waals surface area (Å²) in [5, 5.41) is 0. The fourth-order valence-corrected chi connectivity index (χ4v) is 4.76. The van der Waals surface area contributed by atoms with Crippen LogP contribution in [0.15, 0.2) is 0 Å². The third-order valence-corrected chi connectivity index (χ3v) is 5.94. The van der Waals surface area contributed by atoms with Gasteiger partial charge in [0.05, 0.1) is 29.9 Å². The molecule has 1 aliphatic rings. The van der Waals surface area contributed by atoms with E-state index in [2.05, 4.69) is 11.8 Å². The quantitative estimate of drug-likeness (QED) is 0.552. The van der Waals surface area contributed by atoms with Crippen molar-refractivity contribution in [2.45, 2.75) is 12.5 Å². The minimum absolute atomic E-state index is 0.0479. The summed E-state index contributed by atoms with van der Waals surface area (Å²) in [6.07, 6.45) is 9.90. The number of hydrogen-bond acceptors (Lipinski definition) is 4. The van der Waals surface area contributed by atoms with Gasteiger partial charge in [-0.15, -0.1) is 12.8 Å². The molecule has 1 unspecified atom stereocenters. The molecule has 0 N–H and O–H groups in total. The van der Waals surface area contributed by atoms with Crippen LogP contribution in [0.3, 0.4) is 0 Å². The minimum Gasteiger partial charge on any atom is -0.323 e. The number of terminal acetylenes is 2. The van der Waals surface area contributed by atoms with Crippen molar-refractivity contribution in [2.75, 3.05) is 23.8 Å². The summed E-state index contributed by atoms with van der Waals surface area (Å²) < 4.78 is 39.8. The molecule has 0 radical (unpaired) electrons. The molecule has 6 heteroatoms. The smallest absolute Gasteiger partial charge is 0.226 e. The van der Waals surface area contributed by atoms with E-state index < -0.39 is 23.3 Å². The molecule has 0 saturated carbocycles. The molecule has 1 aliphatic heterocycles. The van der Waals surface area contributed by atoms with Gasteiger partial charge in [0.2, 0.25) is 7.37 Å². The van der Waals surface area contributed by atoms with Crippen LogP contribution in [0.25, 0.3) is 0 Å². The van der Waals surface area contributed by atoms with E-state index in [0.29, 0.717) is 6.42 Å². The van der Waals surface area contributed by atoms with Gasteiger partial charge in [0, 0.05) is 0 Å². The van der Waals surface area contributed by atoms with Gasteiger partial charge in [-0.3, -0.25) is 4.57 Å². The van der Waals surface area contributed by atoms with Crippen LogP contribution in [-0.4, -0.2) is 38.4 Å². The first-order valence-electron chi connectivity index (χ1n) is 4.74. The lowest BCUT2D eigenvalue weighted by atomic mass is 10.3. The molecule has 1 heterocycles. The summed E-state index contributed by atoms with van der Waals surface area (Å²) in [6.45, 7) is 0. The predicted molar refractivity (Wildman–Crippen MR) is 63.2 cm³/mol. The summed E-state index contributed by atoms with van der Waals surface area (Å²) in [7, 11) is -6.11. The second-order valence-corrected chi connectivity index (χ2v) is 8.37. The standard InChI is InChI=1S/C10H13O4PS/c1-3-6-15(11,7-4-2)14-10-5-8-16(12,13)9-10/h1-2,10H,5-9H2. The second kappa shape index (κ2) is 5.06. The van der Waals surface area contributed by atoms with Gasteiger partial charge in [-0.1, -0.05) is 11.8 Å². The van der Waals surface area contributed by atoms with Crippen molar-refractivity contribution in [1.29, 1.82) is 0 Å². The maximum atomic E-state index is 12.1. The van der Waals surface area contributed by atoms with Gasteiger partial charge in [-0.2, -0.15) is 0 Å². The Morgan fingerprint density at radius 2 is 1.88 bits per heavy atom. The van der Waals surface area contributed by atoms with Crippen molar-refractivity contribution < 1.29 is 17.5 Å². The third-order valence-electron chi connectivity index (χ3n) is 2.20. The van der Waals surface area contributed by atoms with Crippen molar-refractivity contribution >= 4 is 17.2 Å². The van der Waals surface area contributed by atoms with Gasteiger partial charge >= 0.3 is 0 Å². The van der Waals surface area contributed by atoms with E-state index in [0.717, 1.165) is 0 Å². The molecule has 16 heavy (non-hydrogen) atoms. The maximum absolute atomic E-state index is 12.1. The zero-order valence-electron chi connectivity index (χ0n) is 8.76. The number of rotatable bonds is 4. The van der Waals surface area contributed by atoms with E-state index >= 15 is 0 Å². The molecule has 0 aromatic rings. The van der Waals surface area contributed by atoms with Crippen LogP contribution < -0.4 is 0 Å².